The summed E-state index contributed by atoms with van der Waals surface area (Å²) in [5.74, 6) is 0.695. The Morgan fingerprint density at radius 1 is 1.42 bits per heavy atom. The van der Waals surface area contributed by atoms with Crippen LogP contribution in [-0.4, -0.2) is 53.3 Å². The molecule has 0 radical (unpaired) electrons. The van der Waals surface area contributed by atoms with Crippen molar-refractivity contribution in [3.63, 3.8) is 0 Å². The fourth-order valence-electron chi connectivity index (χ4n) is 3.52. The second kappa shape index (κ2) is 5.95. The molecule has 1 aliphatic carbocycles. The van der Waals surface area contributed by atoms with Crippen LogP contribution in [0.25, 0.3) is 0 Å². The molecule has 1 spiro atoms. The summed E-state index contributed by atoms with van der Waals surface area (Å²) in [7, 11) is 0. The largest absolute Gasteiger partial charge is 0.371 e. The number of carbonyl (C=O) groups is 1. The van der Waals surface area contributed by atoms with Crippen LogP contribution in [0.2, 0.25) is 0 Å². The van der Waals surface area contributed by atoms with Crippen LogP contribution in [0.3, 0.4) is 0 Å². The molecule has 3 heterocycles. The Labute approximate surface area is 141 Å². The molecule has 2 N–H and O–H groups in total. The first-order valence-corrected chi connectivity index (χ1v) is 8.49. The van der Waals surface area contributed by atoms with Gasteiger partial charge in [-0.05, 0) is 31.4 Å². The highest BCUT2D eigenvalue weighted by atomic mass is 16.5. The number of nitrogens with zero attached hydrogens (tertiary/aromatic N) is 3. The number of urea groups is 1. The van der Waals surface area contributed by atoms with E-state index in [0.717, 1.165) is 32.2 Å². The lowest BCUT2D eigenvalue weighted by molar-refractivity contribution is 0.0150. The van der Waals surface area contributed by atoms with Gasteiger partial charge in [0, 0.05) is 19.0 Å². The van der Waals surface area contributed by atoms with Gasteiger partial charge in [0.05, 0.1) is 24.8 Å². The van der Waals surface area contributed by atoms with Gasteiger partial charge < -0.3 is 20.3 Å². The normalized spacial score (nSPS) is 28.8. The fraction of sp³-hybridized carbons (Fsp3) is 0.588. The molecule has 126 valence electrons. The number of nitrogens with one attached hydrogen (secondary N) is 2. The molecule has 0 bridgehead atoms. The summed E-state index contributed by atoms with van der Waals surface area (Å²) in [5, 5.41) is 15.3. The van der Waals surface area contributed by atoms with Crippen molar-refractivity contribution >= 4 is 11.8 Å². The van der Waals surface area contributed by atoms with E-state index < -0.39 is 0 Å². The van der Waals surface area contributed by atoms with Gasteiger partial charge in [-0.15, -0.1) is 0 Å². The lowest BCUT2D eigenvalue weighted by Gasteiger charge is -2.23. The highest BCUT2D eigenvalue weighted by Gasteiger charge is 2.47. The molecule has 1 aromatic heterocycles. The van der Waals surface area contributed by atoms with Gasteiger partial charge in [0.2, 0.25) is 0 Å². The van der Waals surface area contributed by atoms with Gasteiger partial charge in [0.25, 0.3) is 0 Å². The average Bonchev–Trinajstić information content (AvgIpc) is 3.17. The van der Waals surface area contributed by atoms with Crippen molar-refractivity contribution in [2.24, 2.45) is 0 Å². The molecule has 7 heteroatoms. The summed E-state index contributed by atoms with van der Waals surface area (Å²) in [6, 6.07) is 7.98. The monoisotopic (exact) mass is 327 g/mol. The van der Waals surface area contributed by atoms with Crippen LogP contribution >= 0.6 is 0 Å². The topological polar surface area (TPSA) is 90.3 Å². The number of rotatable bonds is 3. The Morgan fingerprint density at radius 2 is 2.29 bits per heavy atom. The van der Waals surface area contributed by atoms with Crippen LogP contribution in [0, 0.1) is 11.3 Å². The summed E-state index contributed by atoms with van der Waals surface area (Å²) >= 11 is 0. The molecular weight excluding hydrogens is 306 g/mol. The quantitative estimate of drug-likeness (QED) is 0.877. The Kier molecular flexibility index (Phi) is 3.77. The van der Waals surface area contributed by atoms with Crippen molar-refractivity contribution in [3.8, 4) is 6.07 Å². The zero-order valence-electron chi connectivity index (χ0n) is 13.5. The van der Waals surface area contributed by atoms with Gasteiger partial charge in [-0.25, -0.2) is 9.78 Å². The molecule has 2 amide bonds. The first-order valence-electron chi connectivity index (χ1n) is 8.49. The van der Waals surface area contributed by atoms with E-state index in [-0.39, 0.29) is 17.7 Å². The number of pyridine rings is 1. The Balaban J connectivity index is 1.34. The number of aromatic nitrogens is 1. The number of hydrogen-bond donors (Lipinski definition) is 2. The minimum Gasteiger partial charge on any atom is -0.371 e. The average molecular weight is 327 g/mol. The first kappa shape index (κ1) is 15.2. The number of hydrogen-bond acceptors (Lipinski definition) is 5. The zero-order chi connectivity index (χ0) is 16.6. The molecule has 0 aromatic carbocycles. The standard InChI is InChI=1S/C17H21N5O2/c18-9-13-2-1-3-15(19-13)20-14-8-17(24-10-14)6-7-22(11-17)16(23)21-12-4-5-12/h1-3,12,14H,4-8,10-11H2,(H,19,20)(H,21,23). The number of carbonyl (C=O) groups excluding carboxylic acids is 1. The number of amides is 2. The van der Waals surface area contributed by atoms with Gasteiger partial charge in [0.15, 0.2) is 0 Å². The molecule has 1 aromatic rings. The van der Waals surface area contributed by atoms with Gasteiger partial charge in [0.1, 0.15) is 17.6 Å². The Morgan fingerprint density at radius 3 is 3.08 bits per heavy atom. The van der Waals surface area contributed by atoms with E-state index >= 15 is 0 Å². The molecular formula is C17H21N5O2. The van der Waals surface area contributed by atoms with Crippen LogP contribution in [0.4, 0.5) is 10.6 Å². The van der Waals surface area contributed by atoms with E-state index in [1.807, 2.05) is 23.1 Å². The van der Waals surface area contributed by atoms with E-state index in [2.05, 4.69) is 15.6 Å². The second-order valence-corrected chi connectivity index (χ2v) is 6.95. The summed E-state index contributed by atoms with van der Waals surface area (Å²) in [4.78, 5) is 18.3. The van der Waals surface area contributed by atoms with E-state index in [0.29, 0.717) is 30.7 Å². The molecule has 2 unspecified atom stereocenters. The third-order valence-electron chi connectivity index (χ3n) is 4.93. The Hall–Kier alpha value is -2.33. The maximum atomic E-state index is 12.2. The number of nitriles is 1. The van der Waals surface area contributed by atoms with Crippen molar-refractivity contribution in [1.82, 2.24) is 15.2 Å². The van der Waals surface area contributed by atoms with E-state index in [9.17, 15) is 4.79 Å². The SMILES string of the molecule is N#Cc1cccc(NC2COC3(CCN(C(=O)NC4CC4)C3)C2)n1. The lowest BCUT2D eigenvalue weighted by atomic mass is 9.97. The van der Waals surface area contributed by atoms with Crippen LogP contribution < -0.4 is 10.6 Å². The van der Waals surface area contributed by atoms with Crippen molar-refractivity contribution in [3.05, 3.63) is 23.9 Å². The molecule has 2 saturated heterocycles. The van der Waals surface area contributed by atoms with Crippen molar-refractivity contribution in [1.29, 1.82) is 5.26 Å². The third kappa shape index (κ3) is 3.15. The lowest BCUT2D eigenvalue weighted by Crippen LogP contribution is -2.42. The summed E-state index contributed by atoms with van der Waals surface area (Å²) in [5.41, 5.74) is 0.156. The molecule has 2 aliphatic heterocycles. The molecule has 3 aliphatic rings. The maximum absolute atomic E-state index is 12.2. The predicted molar refractivity (Wildman–Crippen MR) is 87.4 cm³/mol. The second-order valence-electron chi connectivity index (χ2n) is 6.95. The minimum atomic E-state index is -0.245. The van der Waals surface area contributed by atoms with Crippen molar-refractivity contribution < 1.29 is 9.53 Å². The van der Waals surface area contributed by atoms with Crippen molar-refractivity contribution in [2.45, 2.75) is 43.4 Å². The van der Waals surface area contributed by atoms with Crippen LogP contribution in [0.1, 0.15) is 31.4 Å². The van der Waals surface area contributed by atoms with Crippen LogP contribution in [0.5, 0.6) is 0 Å². The Bertz CT molecular complexity index is 684. The summed E-state index contributed by atoms with van der Waals surface area (Å²) in [6.07, 6.45) is 3.91. The fourth-order valence-corrected chi connectivity index (χ4v) is 3.52. The van der Waals surface area contributed by atoms with Crippen LogP contribution in [-0.2, 0) is 4.74 Å². The molecule has 1 saturated carbocycles. The number of likely N-dealkylation sites (tertiary alicyclic amines) is 1. The minimum absolute atomic E-state index is 0.0396. The summed E-state index contributed by atoms with van der Waals surface area (Å²) in [6.45, 7) is 1.99. The van der Waals surface area contributed by atoms with E-state index in [1.54, 1.807) is 6.07 Å². The number of ether oxygens (including phenoxy) is 1. The highest BCUT2D eigenvalue weighted by Crippen LogP contribution is 2.36. The smallest absolute Gasteiger partial charge is 0.317 e. The summed E-state index contributed by atoms with van der Waals surface area (Å²) < 4.78 is 6.07. The molecule has 7 nitrogen and oxygen atoms in total. The van der Waals surface area contributed by atoms with Gasteiger partial charge in [-0.2, -0.15) is 5.26 Å². The maximum Gasteiger partial charge on any atom is 0.317 e. The van der Waals surface area contributed by atoms with Gasteiger partial charge in [-0.1, -0.05) is 6.07 Å². The highest BCUT2D eigenvalue weighted by molar-refractivity contribution is 5.75. The molecule has 4 rings (SSSR count). The van der Waals surface area contributed by atoms with Crippen molar-refractivity contribution in [2.75, 3.05) is 25.0 Å². The molecule has 24 heavy (non-hydrogen) atoms. The zero-order valence-corrected chi connectivity index (χ0v) is 13.5. The predicted octanol–water partition coefficient (Wildman–Crippen LogP) is 1.47. The van der Waals surface area contributed by atoms with E-state index in [1.165, 1.54) is 0 Å². The first-order chi connectivity index (χ1) is 11.7. The third-order valence-corrected chi connectivity index (χ3v) is 4.93. The molecule has 3 fully saturated rings. The van der Waals surface area contributed by atoms with Gasteiger partial charge >= 0.3 is 6.03 Å². The van der Waals surface area contributed by atoms with E-state index in [4.69, 9.17) is 10.00 Å². The number of anilines is 1. The molecule has 2 atom stereocenters. The van der Waals surface area contributed by atoms with Gasteiger partial charge in [-0.3, -0.25) is 0 Å². The van der Waals surface area contributed by atoms with Crippen LogP contribution in [0.15, 0.2) is 18.2 Å².